The Morgan fingerprint density at radius 1 is 1.60 bits per heavy atom. The number of aromatic nitrogens is 2. The largest absolute Gasteiger partial charge is 0.452 e. The molecule has 0 N–H and O–H groups in total. The van der Waals surface area contributed by atoms with E-state index in [9.17, 15) is 4.79 Å². The topological polar surface area (TPSA) is 47.4 Å². The number of aryl methyl sites for hydroxylation is 1. The van der Waals surface area contributed by atoms with Crippen LogP contribution in [-0.4, -0.2) is 30.0 Å². The molecule has 0 aromatic carbocycles. The van der Waals surface area contributed by atoms with E-state index in [0.29, 0.717) is 0 Å². The van der Waals surface area contributed by atoms with Crippen molar-refractivity contribution in [1.29, 1.82) is 0 Å². The van der Waals surface area contributed by atoms with Crippen molar-refractivity contribution in [2.75, 3.05) is 19.1 Å². The fourth-order valence-electron chi connectivity index (χ4n) is 1.36. The van der Waals surface area contributed by atoms with Gasteiger partial charge >= 0.3 is 6.09 Å². The summed E-state index contributed by atoms with van der Waals surface area (Å²) in [7, 11) is 3.03. The molecule has 0 unspecified atom stereocenters. The van der Waals surface area contributed by atoms with Crippen molar-refractivity contribution >= 4 is 11.9 Å². The molecule has 0 saturated carbocycles. The smallest absolute Gasteiger partial charge is 0.414 e. The number of ether oxygens (including phenoxy) is 1. The number of anilines is 1. The Balaban J connectivity index is 3.07. The van der Waals surface area contributed by atoms with Gasteiger partial charge in [0.2, 0.25) is 0 Å². The average Bonchev–Trinajstić information content (AvgIpc) is 2.58. The van der Waals surface area contributed by atoms with Crippen molar-refractivity contribution in [3.05, 3.63) is 11.8 Å². The Kier molecular flexibility index (Phi) is 3.34. The SMILES string of the molecule is COC(=O)N(C)c1cc(C)nn1C(C)C. The molecule has 1 aromatic rings. The molecule has 5 nitrogen and oxygen atoms in total. The molecule has 1 aromatic heterocycles. The van der Waals surface area contributed by atoms with Crippen LogP contribution in [0.1, 0.15) is 25.6 Å². The Hall–Kier alpha value is -1.52. The number of methoxy groups -OCH3 is 1. The van der Waals surface area contributed by atoms with Crippen LogP contribution in [0.4, 0.5) is 10.6 Å². The molecule has 0 fully saturated rings. The van der Waals surface area contributed by atoms with Crippen LogP contribution in [0.15, 0.2) is 6.07 Å². The first-order chi connectivity index (χ1) is 6.97. The predicted molar refractivity (Wildman–Crippen MR) is 58.2 cm³/mol. The van der Waals surface area contributed by atoms with Crippen molar-refractivity contribution in [2.24, 2.45) is 0 Å². The zero-order valence-electron chi connectivity index (χ0n) is 9.81. The Labute approximate surface area is 89.6 Å². The summed E-state index contributed by atoms with van der Waals surface area (Å²) in [5.74, 6) is 0.745. The Morgan fingerprint density at radius 3 is 2.67 bits per heavy atom. The molecule has 0 aliphatic rings. The molecule has 0 atom stereocenters. The monoisotopic (exact) mass is 211 g/mol. The van der Waals surface area contributed by atoms with Crippen LogP contribution < -0.4 is 4.90 Å². The second-order valence-corrected chi connectivity index (χ2v) is 3.71. The number of nitrogens with zero attached hydrogens (tertiary/aromatic N) is 3. The Morgan fingerprint density at radius 2 is 2.20 bits per heavy atom. The zero-order chi connectivity index (χ0) is 11.6. The molecule has 1 heterocycles. The van der Waals surface area contributed by atoms with E-state index in [2.05, 4.69) is 9.84 Å². The fourth-order valence-corrected chi connectivity index (χ4v) is 1.36. The van der Waals surface area contributed by atoms with Gasteiger partial charge in [0.1, 0.15) is 5.82 Å². The van der Waals surface area contributed by atoms with Gasteiger partial charge in [0.25, 0.3) is 0 Å². The van der Waals surface area contributed by atoms with Gasteiger partial charge in [0.15, 0.2) is 0 Å². The molecular formula is C10H17N3O2. The maximum atomic E-state index is 11.4. The highest BCUT2D eigenvalue weighted by atomic mass is 16.5. The molecule has 1 amide bonds. The minimum atomic E-state index is -0.392. The first-order valence-electron chi connectivity index (χ1n) is 4.85. The van der Waals surface area contributed by atoms with Crippen molar-refractivity contribution in [2.45, 2.75) is 26.8 Å². The third kappa shape index (κ3) is 2.29. The summed E-state index contributed by atoms with van der Waals surface area (Å²) in [5.41, 5.74) is 0.884. The van der Waals surface area contributed by atoms with Gasteiger partial charge in [-0.3, -0.25) is 4.90 Å². The van der Waals surface area contributed by atoms with Crippen LogP contribution in [0.25, 0.3) is 0 Å². The van der Waals surface area contributed by atoms with Crippen LogP contribution in [0.2, 0.25) is 0 Å². The molecule has 0 radical (unpaired) electrons. The van der Waals surface area contributed by atoms with Gasteiger partial charge in [-0.1, -0.05) is 0 Å². The molecule has 0 aliphatic carbocycles. The van der Waals surface area contributed by atoms with Gasteiger partial charge in [0.05, 0.1) is 12.8 Å². The molecule has 0 aliphatic heterocycles. The van der Waals surface area contributed by atoms with E-state index in [1.165, 1.54) is 12.0 Å². The van der Waals surface area contributed by atoms with Crippen LogP contribution in [-0.2, 0) is 4.74 Å². The first-order valence-corrected chi connectivity index (χ1v) is 4.85. The van der Waals surface area contributed by atoms with Crippen LogP contribution in [0.5, 0.6) is 0 Å². The van der Waals surface area contributed by atoms with Crippen LogP contribution >= 0.6 is 0 Å². The van der Waals surface area contributed by atoms with E-state index < -0.39 is 6.09 Å². The predicted octanol–water partition coefficient (Wildman–Crippen LogP) is 1.98. The molecule has 0 spiro atoms. The van der Waals surface area contributed by atoms with Gasteiger partial charge in [0, 0.05) is 19.2 Å². The molecule has 0 saturated heterocycles. The van der Waals surface area contributed by atoms with Crippen molar-refractivity contribution in [1.82, 2.24) is 9.78 Å². The van der Waals surface area contributed by atoms with Gasteiger partial charge in [-0.2, -0.15) is 5.10 Å². The van der Waals surface area contributed by atoms with E-state index in [1.54, 1.807) is 11.7 Å². The minimum Gasteiger partial charge on any atom is -0.452 e. The van der Waals surface area contributed by atoms with Crippen LogP contribution in [0, 0.1) is 6.92 Å². The maximum Gasteiger partial charge on any atom is 0.414 e. The number of rotatable bonds is 2. The van der Waals surface area contributed by atoms with E-state index in [1.807, 2.05) is 26.8 Å². The summed E-state index contributed by atoms with van der Waals surface area (Å²) in [6.45, 7) is 5.93. The lowest BCUT2D eigenvalue weighted by Gasteiger charge is -2.18. The lowest BCUT2D eigenvalue weighted by atomic mass is 10.4. The standard InChI is InChI=1S/C10H17N3O2/c1-7(2)13-9(6-8(3)11-13)12(4)10(14)15-5/h6-7H,1-5H3. The normalized spacial score (nSPS) is 10.5. The third-order valence-electron chi connectivity index (χ3n) is 2.12. The van der Waals surface area contributed by atoms with Crippen LogP contribution in [0.3, 0.4) is 0 Å². The van der Waals surface area contributed by atoms with E-state index >= 15 is 0 Å². The van der Waals surface area contributed by atoms with Gasteiger partial charge < -0.3 is 4.74 Å². The van der Waals surface area contributed by atoms with E-state index in [4.69, 9.17) is 0 Å². The number of amides is 1. The highest BCUT2D eigenvalue weighted by Crippen LogP contribution is 2.19. The summed E-state index contributed by atoms with van der Waals surface area (Å²) < 4.78 is 6.45. The maximum absolute atomic E-state index is 11.4. The second kappa shape index (κ2) is 4.33. The lowest BCUT2D eigenvalue weighted by Crippen LogP contribution is -2.28. The number of hydrogen-bond acceptors (Lipinski definition) is 3. The average molecular weight is 211 g/mol. The molecular weight excluding hydrogens is 194 g/mol. The summed E-state index contributed by atoms with van der Waals surface area (Å²) in [6.07, 6.45) is -0.392. The number of carbonyl (C=O) groups is 1. The van der Waals surface area contributed by atoms with Gasteiger partial charge in [-0.15, -0.1) is 0 Å². The highest BCUT2D eigenvalue weighted by Gasteiger charge is 2.17. The summed E-state index contributed by atoms with van der Waals surface area (Å²) in [6, 6.07) is 2.07. The zero-order valence-corrected chi connectivity index (χ0v) is 9.81. The first kappa shape index (κ1) is 11.6. The van der Waals surface area contributed by atoms with Gasteiger partial charge in [-0.25, -0.2) is 9.48 Å². The molecule has 5 heteroatoms. The van der Waals surface area contributed by atoms with E-state index in [-0.39, 0.29) is 6.04 Å². The third-order valence-corrected chi connectivity index (χ3v) is 2.12. The summed E-state index contributed by atoms with van der Waals surface area (Å²) in [4.78, 5) is 12.8. The summed E-state index contributed by atoms with van der Waals surface area (Å²) in [5, 5.41) is 4.32. The quantitative estimate of drug-likeness (QED) is 0.751. The van der Waals surface area contributed by atoms with Crippen molar-refractivity contribution in [3.8, 4) is 0 Å². The summed E-state index contributed by atoms with van der Waals surface area (Å²) >= 11 is 0. The fraction of sp³-hybridized carbons (Fsp3) is 0.600. The number of hydrogen-bond donors (Lipinski definition) is 0. The minimum absolute atomic E-state index is 0.209. The Bertz CT molecular complexity index is 358. The van der Waals surface area contributed by atoms with E-state index in [0.717, 1.165) is 11.5 Å². The highest BCUT2D eigenvalue weighted by molar-refractivity contribution is 5.85. The second-order valence-electron chi connectivity index (χ2n) is 3.71. The van der Waals surface area contributed by atoms with Gasteiger partial charge in [-0.05, 0) is 20.8 Å². The molecule has 15 heavy (non-hydrogen) atoms. The van der Waals surface area contributed by atoms with Crippen molar-refractivity contribution in [3.63, 3.8) is 0 Å². The number of carbonyl (C=O) groups excluding carboxylic acids is 1. The van der Waals surface area contributed by atoms with Crippen molar-refractivity contribution < 1.29 is 9.53 Å². The molecule has 1 rings (SSSR count). The lowest BCUT2D eigenvalue weighted by molar-refractivity contribution is 0.179. The molecule has 84 valence electrons. The molecule has 0 bridgehead atoms.